The molecule has 2 N–H and O–H groups in total. The van der Waals surface area contributed by atoms with E-state index in [-0.39, 0.29) is 12.4 Å². The van der Waals surface area contributed by atoms with Crippen LogP contribution in [0.4, 0.5) is 35.1 Å². The molecule has 0 spiro atoms. The highest BCUT2D eigenvalue weighted by atomic mass is 35.5. The van der Waals surface area contributed by atoms with Gasteiger partial charge in [0.1, 0.15) is 0 Å². The number of hydrogen-bond donors (Lipinski definition) is 1. The maximum absolute atomic E-state index is 13.2. The topological polar surface area (TPSA) is 26.0 Å². The van der Waals surface area contributed by atoms with Gasteiger partial charge < -0.3 is 5.73 Å². The molecule has 0 heterocycles. The van der Waals surface area contributed by atoms with Crippen molar-refractivity contribution >= 4 is 12.4 Å². The Hall–Kier alpha value is -1.09. The zero-order chi connectivity index (χ0) is 15.0. The second-order valence-electron chi connectivity index (χ2n) is 3.74. The van der Waals surface area contributed by atoms with Crippen LogP contribution in [-0.2, 0) is 0 Å². The lowest BCUT2D eigenvalue weighted by molar-refractivity contribution is -0.136. The molecule has 0 amide bonds. The monoisotopic (exact) mass is 329 g/mol. The molecule has 0 aliphatic heterocycles. The van der Waals surface area contributed by atoms with Crippen molar-refractivity contribution in [2.24, 2.45) is 5.73 Å². The first-order valence-electron chi connectivity index (χ1n) is 4.90. The Bertz CT molecular complexity index is 458. The highest BCUT2D eigenvalue weighted by Crippen LogP contribution is 2.31. The van der Waals surface area contributed by atoms with Gasteiger partial charge in [-0.2, -0.15) is 13.2 Å². The van der Waals surface area contributed by atoms with Crippen LogP contribution in [0.3, 0.4) is 0 Å². The Kier molecular flexibility index (Phi) is 6.22. The van der Waals surface area contributed by atoms with E-state index in [0.29, 0.717) is 0 Å². The quantitative estimate of drug-likeness (QED) is 0.503. The van der Waals surface area contributed by atoms with Gasteiger partial charge in [-0.15, -0.1) is 12.4 Å². The third kappa shape index (κ3) is 3.95. The van der Waals surface area contributed by atoms with Gasteiger partial charge >= 0.3 is 6.18 Å². The summed E-state index contributed by atoms with van der Waals surface area (Å²) in [4.78, 5) is 0. The highest BCUT2D eigenvalue weighted by molar-refractivity contribution is 5.85. The largest absolute Gasteiger partial charge is 0.389 e. The van der Waals surface area contributed by atoms with Crippen molar-refractivity contribution in [3.8, 4) is 0 Å². The van der Waals surface area contributed by atoms with Crippen molar-refractivity contribution < 1.29 is 35.1 Å². The minimum Gasteiger partial charge on any atom is -0.324 e. The van der Waals surface area contributed by atoms with Gasteiger partial charge in [-0.3, -0.25) is 0 Å². The Morgan fingerprint density at radius 1 is 0.800 bits per heavy atom. The minimum atomic E-state index is -4.65. The fourth-order valence-electron chi connectivity index (χ4n) is 1.41. The van der Waals surface area contributed by atoms with E-state index >= 15 is 0 Å². The number of benzene rings is 1. The van der Waals surface area contributed by atoms with E-state index in [9.17, 15) is 35.1 Å². The van der Waals surface area contributed by atoms with E-state index in [1.807, 2.05) is 0 Å². The van der Waals surface area contributed by atoms with Gasteiger partial charge in [0, 0.05) is 18.0 Å². The molecule has 0 saturated heterocycles. The van der Waals surface area contributed by atoms with Gasteiger partial charge in [-0.1, -0.05) is 0 Å². The third-order valence-electron chi connectivity index (χ3n) is 2.35. The first-order chi connectivity index (χ1) is 8.56. The van der Waals surface area contributed by atoms with Crippen molar-refractivity contribution in [3.63, 3.8) is 0 Å². The van der Waals surface area contributed by atoms with Gasteiger partial charge in [-0.05, 0) is 6.42 Å². The maximum Gasteiger partial charge on any atom is 0.389 e. The second kappa shape index (κ2) is 6.57. The number of nitrogens with two attached hydrogens (primary N) is 1. The standard InChI is InChI=1S/C10H7F8N.ClH/c11-5-4(3(19)1-2-10(16,17)18)6(12)8(14)9(15)7(5)13;/h3H,1-2,19H2;1H/t3-;/m0./s1. The van der Waals surface area contributed by atoms with Crippen molar-refractivity contribution in [1.82, 2.24) is 0 Å². The molecule has 0 aliphatic rings. The summed E-state index contributed by atoms with van der Waals surface area (Å²) in [5.41, 5.74) is 3.61. The summed E-state index contributed by atoms with van der Waals surface area (Å²) in [5.74, 6) is -11.3. The summed E-state index contributed by atoms with van der Waals surface area (Å²) in [5, 5.41) is 0. The molecule has 1 aromatic rings. The van der Waals surface area contributed by atoms with Gasteiger partial charge in [0.25, 0.3) is 0 Å². The summed E-state index contributed by atoms with van der Waals surface area (Å²) in [6.45, 7) is 0. The minimum absolute atomic E-state index is 0. The SMILES string of the molecule is Cl.N[C@@H](CCC(F)(F)F)c1c(F)c(F)c(F)c(F)c1F. The predicted octanol–water partition coefficient (Wildman–Crippen LogP) is 4.15. The normalized spacial score (nSPS) is 13.1. The molecule has 0 bridgehead atoms. The molecular weight excluding hydrogens is 322 g/mol. The van der Waals surface area contributed by atoms with Crippen molar-refractivity contribution in [1.29, 1.82) is 0 Å². The average molecular weight is 330 g/mol. The predicted molar refractivity (Wildman–Crippen MR) is 55.7 cm³/mol. The fourth-order valence-corrected chi connectivity index (χ4v) is 1.41. The zero-order valence-electron chi connectivity index (χ0n) is 9.50. The second-order valence-corrected chi connectivity index (χ2v) is 3.74. The smallest absolute Gasteiger partial charge is 0.324 e. The lowest BCUT2D eigenvalue weighted by Crippen LogP contribution is -2.20. The summed E-state index contributed by atoms with van der Waals surface area (Å²) in [6, 6.07) is -1.95. The highest BCUT2D eigenvalue weighted by Gasteiger charge is 2.32. The van der Waals surface area contributed by atoms with E-state index in [1.165, 1.54) is 0 Å². The van der Waals surface area contributed by atoms with Crippen molar-refractivity contribution in [2.75, 3.05) is 0 Å². The zero-order valence-corrected chi connectivity index (χ0v) is 10.3. The molecule has 0 aromatic heterocycles. The molecule has 1 rings (SSSR count). The van der Waals surface area contributed by atoms with E-state index < -0.39 is 59.7 Å². The van der Waals surface area contributed by atoms with Crippen LogP contribution in [0.2, 0.25) is 0 Å². The van der Waals surface area contributed by atoms with E-state index in [2.05, 4.69) is 0 Å². The molecule has 1 aromatic carbocycles. The van der Waals surface area contributed by atoms with Crippen LogP contribution in [0.5, 0.6) is 0 Å². The Balaban J connectivity index is 0.00000361. The Labute approximate surface area is 114 Å². The van der Waals surface area contributed by atoms with Gasteiger partial charge in [-0.25, -0.2) is 22.0 Å². The lowest BCUT2D eigenvalue weighted by atomic mass is 10.0. The maximum atomic E-state index is 13.2. The number of halogens is 9. The van der Waals surface area contributed by atoms with Crippen LogP contribution in [-0.4, -0.2) is 6.18 Å². The van der Waals surface area contributed by atoms with Crippen LogP contribution >= 0.6 is 12.4 Å². The number of rotatable bonds is 3. The van der Waals surface area contributed by atoms with Gasteiger partial charge in [0.15, 0.2) is 23.3 Å². The van der Waals surface area contributed by atoms with Crippen LogP contribution in [0, 0.1) is 29.1 Å². The molecule has 0 unspecified atom stereocenters. The van der Waals surface area contributed by atoms with Gasteiger partial charge in [0.2, 0.25) is 5.82 Å². The fraction of sp³-hybridized carbons (Fsp3) is 0.400. The molecule has 0 fully saturated rings. The number of hydrogen-bond acceptors (Lipinski definition) is 1. The first-order valence-corrected chi connectivity index (χ1v) is 4.90. The Morgan fingerprint density at radius 2 is 1.15 bits per heavy atom. The van der Waals surface area contributed by atoms with Crippen LogP contribution in [0.15, 0.2) is 0 Å². The molecule has 0 aliphatic carbocycles. The first kappa shape index (κ1) is 18.9. The molecule has 116 valence electrons. The Morgan fingerprint density at radius 3 is 1.50 bits per heavy atom. The van der Waals surface area contributed by atoms with Crippen LogP contribution < -0.4 is 5.73 Å². The molecular formula is C10H8ClF8N. The van der Waals surface area contributed by atoms with Crippen molar-refractivity contribution in [3.05, 3.63) is 34.6 Å². The van der Waals surface area contributed by atoms with Crippen molar-refractivity contribution in [2.45, 2.75) is 25.1 Å². The summed E-state index contributed by atoms with van der Waals surface area (Å²) in [7, 11) is 0. The molecule has 0 saturated carbocycles. The summed E-state index contributed by atoms with van der Waals surface area (Å²) >= 11 is 0. The lowest BCUT2D eigenvalue weighted by Gasteiger charge is -2.16. The van der Waals surface area contributed by atoms with Crippen LogP contribution in [0.1, 0.15) is 24.4 Å². The third-order valence-corrected chi connectivity index (χ3v) is 2.35. The number of alkyl halides is 3. The van der Waals surface area contributed by atoms with E-state index in [4.69, 9.17) is 5.73 Å². The van der Waals surface area contributed by atoms with E-state index in [0.717, 1.165) is 0 Å². The van der Waals surface area contributed by atoms with E-state index in [1.54, 1.807) is 0 Å². The van der Waals surface area contributed by atoms with Gasteiger partial charge in [0.05, 0.1) is 0 Å². The molecule has 20 heavy (non-hydrogen) atoms. The summed E-state index contributed by atoms with van der Waals surface area (Å²) in [6.07, 6.45) is -7.16. The molecule has 10 heteroatoms. The average Bonchev–Trinajstić information content (AvgIpc) is 2.31. The molecule has 1 atom stereocenters. The molecule has 0 radical (unpaired) electrons. The van der Waals surface area contributed by atoms with Crippen LogP contribution in [0.25, 0.3) is 0 Å². The molecule has 1 nitrogen and oxygen atoms in total. The summed E-state index contributed by atoms with van der Waals surface area (Å²) < 4.78 is 100.